The van der Waals surface area contributed by atoms with E-state index in [4.69, 9.17) is 0 Å². The van der Waals surface area contributed by atoms with Gasteiger partial charge in [-0.2, -0.15) is 8.78 Å². The van der Waals surface area contributed by atoms with Crippen molar-refractivity contribution in [1.29, 1.82) is 0 Å². The van der Waals surface area contributed by atoms with Crippen molar-refractivity contribution >= 4 is 0 Å². The van der Waals surface area contributed by atoms with Gasteiger partial charge >= 0.3 is 6.61 Å². The molecule has 116 valence electrons. The van der Waals surface area contributed by atoms with Crippen LogP contribution in [0.5, 0.6) is 5.75 Å². The number of benzene rings is 1. The number of nitrogens with zero attached hydrogens (tertiary/aromatic N) is 1. The van der Waals surface area contributed by atoms with Crippen LogP contribution in [0.2, 0.25) is 0 Å². The highest BCUT2D eigenvalue weighted by molar-refractivity contribution is 5.35. The normalized spacial score (nSPS) is 27.0. The van der Waals surface area contributed by atoms with Gasteiger partial charge in [0, 0.05) is 30.2 Å². The second kappa shape index (κ2) is 6.28. The Hall–Kier alpha value is -1.20. The monoisotopic (exact) mass is 296 g/mol. The molecule has 3 unspecified atom stereocenters. The van der Waals surface area contributed by atoms with E-state index in [0.717, 1.165) is 18.5 Å². The molecule has 0 bridgehead atoms. The van der Waals surface area contributed by atoms with Crippen molar-refractivity contribution in [2.75, 3.05) is 13.1 Å². The summed E-state index contributed by atoms with van der Waals surface area (Å²) in [6.07, 6.45) is 3.63. The molecule has 21 heavy (non-hydrogen) atoms. The van der Waals surface area contributed by atoms with Gasteiger partial charge in [-0.15, -0.1) is 0 Å². The van der Waals surface area contributed by atoms with Crippen molar-refractivity contribution in [3.63, 3.8) is 0 Å². The van der Waals surface area contributed by atoms with Crippen molar-refractivity contribution < 1.29 is 13.5 Å². The molecule has 2 saturated heterocycles. The molecular formula is C16H22F2N2O. The minimum atomic E-state index is -2.78. The lowest BCUT2D eigenvalue weighted by atomic mass is 10.0. The molecular weight excluding hydrogens is 274 g/mol. The fraction of sp³-hybridized carbons (Fsp3) is 0.625. The number of ether oxygens (including phenoxy) is 1. The lowest BCUT2D eigenvalue weighted by Gasteiger charge is -2.26. The first-order valence-corrected chi connectivity index (χ1v) is 7.69. The maximum absolute atomic E-state index is 12.5. The van der Waals surface area contributed by atoms with Crippen molar-refractivity contribution in [3.8, 4) is 5.75 Å². The highest BCUT2D eigenvalue weighted by Crippen LogP contribution is 2.31. The molecule has 3 nitrogen and oxygen atoms in total. The lowest BCUT2D eigenvalue weighted by Crippen LogP contribution is -2.40. The summed E-state index contributed by atoms with van der Waals surface area (Å²) in [5.74, 6) is 0.272. The second-order valence-electron chi connectivity index (χ2n) is 5.95. The Balaban J connectivity index is 1.69. The SMILES string of the molecule is CC(NC1CCN2CCCC12)c1ccccc1OC(F)F. The zero-order valence-corrected chi connectivity index (χ0v) is 12.3. The van der Waals surface area contributed by atoms with Gasteiger partial charge in [0.25, 0.3) is 0 Å². The zero-order valence-electron chi connectivity index (χ0n) is 12.3. The zero-order chi connectivity index (χ0) is 14.8. The second-order valence-corrected chi connectivity index (χ2v) is 5.95. The van der Waals surface area contributed by atoms with Crippen LogP contribution >= 0.6 is 0 Å². The summed E-state index contributed by atoms with van der Waals surface area (Å²) in [6.45, 7) is 1.58. The van der Waals surface area contributed by atoms with Crippen LogP contribution in [-0.2, 0) is 0 Å². The molecule has 0 spiro atoms. The molecule has 2 aliphatic rings. The highest BCUT2D eigenvalue weighted by atomic mass is 19.3. The largest absolute Gasteiger partial charge is 0.434 e. The quantitative estimate of drug-likeness (QED) is 0.903. The molecule has 1 aromatic rings. The summed E-state index contributed by atoms with van der Waals surface area (Å²) in [4.78, 5) is 2.53. The number of nitrogens with one attached hydrogen (secondary N) is 1. The number of rotatable bonds is 5. The highest BCUT2D eigenvalue weighted by Gasteiger charge is 2.37. The first kappa shape index (κ1) is 14.7. The summed E-state index contributed by atoms with van der Waals surface area (Å²) in [5.41, 5.74) is 0.800. The summed E-state index contributed by atoms with van der Waals surface area (Å²) in [6, 6.07) is 8.11. The molecule has 5 heteroatoms. The predicted octanol–water partition coefficient (Wildman–Crippen LogP) is 3.18. The average Bonchev–Trinajstić information content (AvgIpc) is 3.03. The van der Waals surface area contributed by atoms with Crippen LogP contribution in [0.4, 0.5) is 8.78 Å². The van der Waals surface area contributed by atoms with Crippen molar-refractivity contribution in [1.82, 2.24) is 10.2 Å². The van der Waals surface area contributed by atoms with Crippen LogP contribution in [0, 0.1) is 0 Å². The lowest BCUT2D eigenvalue weighted by molar-refractivity contribution is -0.0507. The Morgan fingerprint density at radius 2 is 2.05 bits per heavy atom. The van der Waals surface area contributed by atoms with E-state index in [1.165, 1.54) is 19.4 Å². The van der Waals surface area contributed by atoms with Gasteiger partial charge in [-0.3, -0.25) is 4.90 Å². The Morgan fingerprint density at radius 3 is 2.86 bits per heavy atom. The summed E-state index contributed by atoms with van der Waals surface area (Å²) in [5, 5.41) is 3.61. The van der Waals surface area contributed by atoms with Gasteiger partial charge in [0.15, 0.2) is 0 Å². The van der Waals surface area contributed by atoms with Crippen molar-refractivity contribution in [3.05, 3.63) is 29.8 Å². The van der Waals surface area contributed by atoms with Crippen LogP contribution in [0.25, 0.3) is 0 Å². The fourth-order valence-corrected chi connectivity index (χ4v) is 3.73. The smallest absolute Gasteiger partial charge is 0.387 e. The van der Waals surface area contributed by atoms with E-state index in [1.54, 1.807) is 12.1 Å². The standard InChI is InChI=1S/C16H22F2N2O/c1-11(12-5-2-3-7-15(12)21-16(17)18)19-13-8-10-20-9-4-6-14(13)20/h2-3,5,7,11,13-14,16,19H,4,6,8-10H2,1H3. The third-order valence-electron chi connectivity index (χ3n) is 4.67. The molecule has 1 N–H and O–H groups in total. The van der Waals surface area contributed by atoms with E-state index in [-0.39, 0.29) is 11.8 Å². The van der Waals surface area contributed by atoms with Crippen LogP contribution in [-0.4, -0.2) is 36.7 Å². The van der Waals surface area contributed by atoms with Crippen LogP contribution in [0.15, 0.2) is 24.3 Å². The molecule has 0 saturated carbocycles. The molecule has 3 atom stereocenters. The average molecular weight is 296 g/mol. The number of hydrogen-bond donors (Lipinski definition) is 1. The van der Waals surface area contributed by atoms with Crippen molar-refractivity contribution in [2.45, 2.75) is 50.9 Å². The van der Waals surface area contributed by atoms with Gasteiger partial charge in [0.2, 0.25) is 0 Å². The summed E-state index contributed by atoms with van der Waals surface area (Å²) in [7, 11) is 0. The fourth-order valence-electron chi connectivity index (χ4n) is 3.73. The third kappa shape index (κ3) is 3.19. The van der Waals surface area contributed by atoms with E-state index < -0.39 is 6.61 Å². The Labute approximate surface area is 124 Å². The maximum Gasteiger partial charge on any atom is 0.387 e. The molecule has 0 radical (unpaired) electrons. The van der Waals surface area contributed by atoms with E-state index in [0.29, 0.717) is 12.1 Å². The van der Waals surface area contributed by atoms with Gasteiger partial charge < -0.3 is 10.1 Å². The number of halogens is 2. The molecule has 2 heterocycles. The van der Waals surface area contributed by atoms with E-state index in [2.05, 4.69) is 15.0 Å². The van der Waals surface area contributed by atoms with Gasteiger partial charge in [0.05, 0.1) is 0 Å². The molecule has 0 amide bonds. The van der Waals surface area contributed by atoms with Crippen LogP contribution < -0.4 is 10.1 Å². The minimum Gasteiger partial charge on any atom is -0.434 e. The molecule has 2 fully saturated rings. The Kier molecular flexibility index (Phi) is 4.40. The molecule has 3 rings (SSSR count). The predicted molar refractivity (Wildman–Crippen MR) is 77.6 cm³/mol. The maximum atomic E-state index is 12.5. The molecule has 0 aliphatic carbocycles. The minimum absolute atomic E-state index is 0.00509. The van der Waals surface area contributed by atoms with Gasteiger partial charge in [-0.1, -0.05) is 18.2 Å². The Bertz CT molecular complexity index is 483. The number of alkyl halides is 2. The number of para-hydroxylation sites is 1. The first-order valence-electron chi connectivity index (χ1n) is 7.69. The molecule has 0 aromatic heterocycles. The van der Waals surface area contributed by atoms with Gasteiger partial charge in [-0.25, -0.2) is 0 Å². The number of hydrogen-bond acceptors (Lipinski definition) is 3. The number of fused-ring (bicyclic) bond motifs is 1. The third-order valence-corrected chi connectivity index (χ3v) is 4.67. The topological polar surface area (TPSA) is 24.5 Å². The van der Waals surface area contributed by atoms with E-state index >= 15 is 0 Å². The van der Waals surface area contributed by atoms with Crippen LogP contribution in [0.3, 0.4) is 0 Å². The van der Waals surface area contributed by atoms with Gasteiger partial charge in [-0.05, 0) is 38.8 Å². The van der Waals surface area contributed by atoms with E-state index in [9.17, 15) is 8.78 Å². The first-order chi connectivity index (χ1) is 10.1. The summed E-state index contributed by atoms with van der Waals surface area (Å²) < 4.78 is 29.6. The van der Waals surface area contributed by atoms with Gasteiger partial charge in [0.1, 0.15) is 5.75 Å². The summed E-state index contributed by atoms with van der Waals surface area (Å²) >= 11 is 0. The Morgan fingerprint density at radius 1 is 1.24 bits per heavy atom. The van der Waals surface area contributed by atoms with Crippen LogP contribution in [0.1, 0.15) is 37.8 Å². The van der Waals surface area contributed by atoms with Crippen molar-refractivity contribution in [2.24, 2.45) is 0 Å². The molecule has 1 aromatic carbocycles. The van der Waals surface area contributed by atoms with E-state index in [1.807, 2.05) is 19.1 Å². The molecule has 2 aliphatic heterocycles.